The van der Waals surface area contributed by atoms with Crippen LogP contribution in [0.25, 0.3) is 0 Å². The number of carbonyl (C=O) groups excluding carboxylic acids is 1. The quantitative estimate of drug-likeness (QED) is 0.268. The Labute approximate surface area is 194 Å². The second-order valence-corrected chi connectivity index (χ2v) is 9.13. The zero-order valence-corrected chi connectivity index (χ0v) is 21.8. The Balaban J connectivity index is 0.00000784. The first kappa shape index (κ1) is 28.2. The van der Waals surface area contributed by atoms with Crippen molar-refractivity contribution in [2.75, 3.05) is 59.4 Å². The van der Waals surface area contributed by atoms with Gasteiger partial charge in [-0.25, -0.2) is 4.79 Å². The molecule has 1 aliphatic rings. The van der Waals surface area contributed by atoms with Gasteiger partial charge in [0.1, 0.15) is 5.60 Å². The van der Waals surface area contributed by atoms with Crippen LogP contribution < -0.4 is 16.0 Å². The molecule has 0 spiro atoms. The van der Waals surface area contributed by atoms with E-state index in [1.807, 2.05) is 41.5 Å². The summed E-state index contributed by atoms with van der Waals surface area (Å²) in [6.07, 6.45) is 0.798. The lowest BCUT2D eigenvalue weighted by Crippen LogP contribution is -2.49. The van der Waals surface area contributed by atoms with Gasteiger partial charge in [-0.1, -0.05) is 0 Å². The lowest BCUT2D eigenvalue weighted by molar-refractivity contribution is 0.0476. The number of hydrogen-bond donors (Lipinski definition) is 3. The van der Waals surface area contributed by atoms with E-state index in [0.29, 0.717) is 6.54 Å². The SMILES string of the molecule is CCNC(=NCC(C)(C)NC(=O)OC(C)(C)C)NCCN1CCCN(C)CC1.I. The molecule has 1 heterocycles. The third kappa shape index (κ3) is 13.9. The van der Waals surface area contributed by atoms with Crippen molar-refractivity contribution in [3.05, 3.63) is 0 Å². The van der Waals surface area contributed by atoms with Crippen molar-refractivity contribution in [2.24, 2.45) is 4.99 Å². The van der Waals surface area contributed by atoms with Crippen molar-refractivity contribution < 1.29 is 9.53 Å². The van der Waals surface area contributed by atoms with Crippen molar-refractivity contribution >= 4 is 36.0 Å². The van der Waals surface area contributed by atoms with Crippen LogP contribution in [0, 0.1) is 0 Å². The number of alkyl carbamates (subject to hydrolysis) is 1. The van der Waals surface area contributed by atoms with Gasteiger partial charge in [0.25, 0.3) is 0 Å². The van der Waals surface area contributed by atoms with Crippen LogP contribution in [0.1, 0.15) is 48.0 Å². The van der Waals surface area contributed by atoms with Gasteiger partial charge in [0.05, 0.1) is 12.1 Å². The average Bonchev–Trinajstić information content (AvgIpc) is 2.75. The van der Waals surface area contributed by atoms with Gasteiger partial charge in [0.2, 0.25) is 0 Å². The van der Waals surface area contributed by atoms with Crippen molar-refractivity contribution in [2.45, 2.75) is 59.1 Å². The second kappa shape index (κ2) is 13.5. The fourth-order valence-corrected chi connectivity index (χ4v) is 2.89. The number of nitrogens with zero attached hydrogens (tertiary/aromatic N) is 3. The molecule has 29 heavy (non-hydrogen) atoms. The molecule has 0 saturated carbocycles. The number of rotatable bonds is 7. The third-order valence-electron chi connectivity index (χ3n) is 4.35. The molecule has 0 bridgehead atoms. The highest BCUT2D eigenvalue weighted by atomic mass is 127. The van der Waals surface area contributed by atoms with E-state index in [0.717, 1.165) is 45.2 Å². The van der Waals surface area contributed by atoms with Crippen molar-refractivity contribution in [1.82, 2.24) is 25.8 Å². The predicted molar refractivity (Wildman–Crippen MR) is 131 cm³/mol. The molecular weight excluding hydrogens is 483 g/mol. The number of nitrogens with one attached hydrogen (secondary N) is 3. The summed E-state index contributed by atoms with van der Waals surface area (Å²) >= 11 is 0. The van der Waals surface area contributed by atoms with Gasteiger partial charge >= 0.3 is 6.09 Å². The van der Waals surface area contributed by atoms with E-state index in [-0.39, 0.29) is 24.0 Å². The van der Waals surface area contributed by atoms with E-state index < -0.39 is 17.2 Å². The Kier molecular flexibility index (Phi) is 13.1. The minimum Gasteiger partial charge on any atom is -0.444 e. The molecule has 8 nitrogen and oxygen atoms in total. The maximum Gasteiger partial charge on any atom is 0.408 e. The molecule has 3 N–H and O–H groups in total. The number of halogens is 1. The molecule has 1 saturated heterocycles. The van der Waals surface area contributed by atoms with E-state index in [4.69, 9.17) is 4.74 Å². The summed E-state index contributed by atoms with van der Waals surface area (Å²) in [4.78, 5) is 21.5. The first-order valence-electron chi connectivity index (χ1n) is 10.4. The summed E-state index contributed by atoms with van der Waals surface area (Å²) in [5, 5.41) is 9.57. The monoisotopic (exact) mass is 526 g/mol. The molecule has 0 aromatic rings. The van der Waals surface area contributed by atoms with Crippen LogP contribution in [0.3, 0.4) is 0 Å². The third-order valence-corrected chi connectivity index (χ3v) is 4.35. The van der Waals surface area contributed by atoms with Gasteiger partial charge in [-0.2, -0.15) is 0 Å². The van der Waals surface area contributed by atoms with E-state index >= 15 is 0 Å². The highest BCUT2D eigenvalue weighted by Gasteiger charge is 2.24. The number of guanidine groups is 1. The fourth-order valence-electron chi connectivity index (χ4n) is 2.89. The Hall–Kier alpha value is -0.810. The Morgan fingerprint density at radius 2 is 1.76 bits per heavy atom. The minimum atomic E-state index is -0.512. The summed E-state index contributed by atoms with van der Waals surface area (Å²) in [6.45, 7) is 19.1. The number of likely N-dealkylation sites (N-methyl/N-ethyl adjacent to an activating group) is 1. The molecular formula is C20H43IN6O2. The minimum absolute atomic E-state index is 0. The summed E-state index contributed by atoms with van der Waals surface area (Å²) in [6, 6.07) is 0. The summed E-state index contributed by atoms with van der Waals surface area (Å²) in [5.74, 6) is 0.772. The van der Waals surface area contributed by atoms with Crippen LogP contribution in [-0.2, 0) is 4.74 Å². The Morgan fingerprint density at radius 3 is 2.38 bits per heavy atom. The van der Waals surface area contributed by atoms with Gasteiger partial charge < -0.3 is 30.5 Å². The van der Waals surface area contributed by atoms with Crippen LogP contribution in [0.5, 0.6) is 0 Å². The number of aliphatic imine (C=N–C) groups is 1. The zero-order chi connectivity index (χ0) is 21.2. The molecule has 1 amide bonds. The molecule has 0 unspecified atom stereocenters. The maximum absolute atomic E-state index is 12.0. The molecule has 9 heteroatoms. The topological polar surface area (TPSA) is 81.2 Å². The van der Waals surface area contributed by atoms with Crippen LogP contribution in [0.2, 0.25) is 0 Å². The van der Waals surface area contributed by atoms with Crippen molar-refractivity contribution in [3.8, 4) is 0 Å². The standard InChI is InChI=1S/C20H42N6O2.HI/c1-8-21-17(22-10-13-26-12-9-11-25(7)14-15-26)23-16-20(5,6)24-18(27)28-19(2,3)4;/h8-16H2,1-7H3,(H,24,27)(H2,21,22,23);1H. The van der Waals surface area contributed by atoms with Crippen LogP contribution in [0.15, 0.2) is 4.99 Å². The number of hydrogen-bond acceptors (Lipinski definition) is 5. The van der Waals surface area contributed by atoms with Gasteiger partial charge in [0, 0.05) is 32.7 Å². The summed E-state index contributed by atoms with van der Waals surface area (Å²) in [5.41, 5.74) is -1.01. The predicted octanol–water partition coefficient (Wildman–Crippen LogP) is 2.10. The van der Waals surface area contributed by atoms with Crippen LogP contribution in [-0.4, -0.2) is 92.4 Å². The van der Waals surface area contributed by atoms with Crippen LogP contribution in [0.4, 0.5) is 4.79 Å². The zero-order valence-electron chi connectivity index (χ0n) is 19.4. The first-order valence-corrected chi connectivity index (χ1v) is 10.4. The number of amides is 1. The molecule has 1 rings (SSSR count). The van der Waals surface area contributed by atoms with Gasteiger partial charge in [-0.15, -0.1) is 24.0 Å². The highest BCUT2D eigenvalue weighted by Crippen LogP contribution is 2.09. The summed E-state index contributed by atoms with van der Waals surface area (Å²) < 4.78 is 5.34. The number of ether oxygens (including phenoxy) is 1. The highest BCUT2D eigenvalue weighted by molar-refractivity contribution is 14.0. The molecule has 0 aromatic carbocycles. The lowest BCUT2D eigenvalue weighted by Gasteiger charge is -2.27. The molecule has 1 aliphatic heterocycles. The van der Waals surface area contributed by atoms with E-state index in [1.165, 1.54) is 13.0 Å². The molecule has 0 aliphatic carbocycles. The molecule has 1 fully saturated rings. The molecule has 172 valence electrons. The lowest BCUT2D eigenvalue weighted by atomic mass is 10.1. The first-order chi connectivity index (χ1) is 13.0. The summed E-state index contributed by atoms with van der Waals surface area (Å²) in [7, 11) is 2.19. The smallest absolute Gasteiger partial charge is 0.408 e. The Morgan fingerprint density at radius 1 is 1.07 bits per heavy atom. The maximum atomic E-state index is 12.0. The van der Waals surface area contributed by atoms with Gasteiger partial charge in [0.15, 0.2) is 5.96 Å². The van der Waals surface area contributed by atoms with E-state index in [1.54, 1.807) is 0 Å². The Bertz CT molecular complexity index is 508. The normalized spacial score (nSPS) is 17.1. The van der Waals surface area contributed by atoms with Gasteiger partial charge in [-0.3, -0.25) is 4.99 Å². The molecule has 0 radical (unpaired) electrons. The van der Waals surface area contributed by atoms with E-state index in [2.05, 4.69) is 37.8 Å². The fraction of sp³-hybridized carbons (Fsp3) is 0.900. The second-order valence-electron chi connectivity index (χ2n) is 9.13. The molecule has 0 aromatic heterocycles. The largest absolute Gasteiger partial charge is 0.444 e. The molecule has 0 atom stereocenters. The number of carbonyl (C=O) groups is 1. The van der Waals surface area contributed by atoms with Gasteiger partial charge in [-0.05, 0) is 68.1 Å². The van der Waals surface area contributed by atoms with Crippen molar-refractivity contribution in [1.29, 1.82) is 0 Å². The average molecular weight is 527 g/mol. The van der Waals surface area contributed by atoms with Crippen LogP contribution >= 0.6 is 24.0 Å². The van der Waals surface area contributed by atoms with E-state index in [9.17, 15) is 4.79 Å². The van der Waals surface area contributed by atoms with Crippen molar-refractivity contribution in [3.63, 3.8) is 0 Å².